The first-order valence-electron chi connectivity index (χ1n) is 12.1. The SMILES string of the molecule is CCOC(=O)N1CCC(N(c2cccc3c(NC(=O)c4cc5ccccc5s4)cccc23)S(=O)[O-])CC1. The molecule has 37 heavy (non-hydrogen) atoms. The summed E-state index contributed by atoms with van der Waals surface area (Å²) in [6.07, 6.45) is 0.608. The molecule has 10 heteroatoms. The number of hydrogen-bond donors (Lipinski definition) is 1. The predicted octanol–water partition coefficient (Wildman–Crippen LogP) is 5.53. The highest BCUT2D eigenvalue weighted by atomic mass is 32.2. The van der Waals surface area contributed by atoms with Gasteiger partial charge in [-0.25, -0.2) is 4.79 Å². The monoisotopic (exact) mass is 536 g/mol. The summed E-state index contributed by atoms with van der Waals surface area (Å²) in [4.78, 5) is 27.4. The van der Waals surface area contributed by atoms with E-state index >= 15 is 0 Å². The predicted molar refractivity (Wildman–Crippen MR) is 147 cm³/mol. The third-order valence-electron chi connectivity index (χ3n) is 6.52. The Balaban J connectivity index is 1.42. The summed E-state index contributed by atoms with van der Waals surface area (Å²) in [5, 5.41) is 5.48. The lowest BCUT2D eigenvalue weighted by molar-refractivity contribution is 0.0975. The summed E-state index contributed by atoms with van der Waals surface area (Å²) in [5.41, 5.74) is 1.15. The van der Waals surface area contributed by atoms with E-state index in [0.717, 1.165) is 15.5 Å². The molecule has 3 aromatic carbocycles. The van der Waals surface area contributed by atoms with Gasteiger partial charge in [-0.3, -0.25) is 13.3 Å². The van der Waals surface area contributed by atoms with Crippen LogP contribution in [0.5, 0.6) is 0 Å². The van der Waals surface area contributed by atoms with E-state index in [2.05, 4.69) is 5.32 Å². The van der Waals surface area contributed by atoms with Crippen molar-refractivity contribution in [3.8, 4) is 0 Å². The van der Waals surface area contributed by atoms with Gasteiger partial charge in [0.2, 0.25) is 0 Å². The zero-order chi connectivity index (χ0) is 25.9. The summed E-state index contributed by atoms with van der Waals surface area (Å²) in [7, 11) is 0. The largest absolute Gasteiger partial charge is 0.755 e. The van der Waals surface area contributed by atoms with E-state index in [9.17, 15) is 18.4 Å². The summed E-state index contributed by atoms with van der Waals surface area (Å²) in [5.74, 6) is -0.213. The van der Waals surface area contributed by atoms with Crippen LogP contribution >= 0.6 is 11.3 Å². The van der Waals surface area contributed by atoms with Gasteiger partial charge >= 0.3 is 6.09 Å². The number of carbonyl (C=O) groups excluding carboxylic acids is 2. The molecule has 5 rings (SSSR count). The molecule has 4 aromatic rings. The van der Waals surface area contributed by atoms with Gasteiger partial charge in [-0.05, 0) is 49.4 Å². The Morgan fingerprint density at radius 1 is 1.08 bits per heavy atom. The first-order valence-corrected chi connectivity index (χ1v) is 13.9. The molecule has 1 N–H and O–H groups in total. The molecule has 0 spiro atoms. The van der Waals surface area contributed by atoms with Gasteiger partial charge in [-0.2, -0.15) is 0 Å². The zero-order valence-electron chi connectivity index (χ0n) is 20.2. The Morgan fingerprint density at radius 3 is 2.54 bits per heavy atom. The molecule has 2 heterocycles. The number of anilines is 2. The second-order valence-corrected chi connectivity index (χ2v) is 10.7. The van der Waals surface area contributed by atoms with Crippen molar-refractivity contribution in [1.29, 1.82) is 0 Å². The molecule has 0 saturated carbocycles. The number of piperidine rings is 1. The van der Waals surface area contributed by atoms with Crippen LogP contribution in [0.25, 0.3) is 20.9 Å². The highest BCUT2D eigenvalue weighted by Crippen LogP contribution is 2.35. The van der Waals surface area contributed by atoms with Crippen LogP contribution in [0, 0.1) is 0 Å². The van der Waals surface area contributed by atoms with Crippen molar-refractivity contribution >= 4 is 66.8 Å². The van der Waals surface area contributed by atoms with Gasteiger partial charge in [0.15, 0.2) is 0 Å². The lowest BCUT2D eigenvalue weighted by Gasteiger charge is -2.40. The Labute approximate surface area is 221 Å². The lowest BCUT2D eigenvalue weighted by atomic mass is 10.0. The topological polar surface area (TPSA) is 102 Å². The highest BCUT2D eigenvalue weighted by molar-refractivity contribution is 7.80. The van der Waals surface area contributed by atoms with Crippen LogP contribution in [-0.4, -0.2) is 51.4 Å². The molecule has 1 fully saturated rings. The van der Waals surface area contributed by atoms with Crippen LogP contribution < -0.4 is 9.62 Å². The quantitative estimate of drug-likeness (QED) is 0.327. The van der Waals surface area contributed by atoms with Crippen molar-refractivity contribution in [1.82, 2.24) is 4.90 Å². The Kier molecular flexibility index (Phi) is 7.40. The number of nitrogens with one attached hydrogen (secondary N) is 1. The fraction of sp³-hybridized carbons (Fsp3) is 0.259. The number of hydrogen-bond acceptors (Lipinski definition) is 6. The van der Waals surface area contributed by atoms with Crippen LogP contribution in [-0.2, 0) is 16.0 Å². The number of nitrogens with zero attached hydrogens (tertiary/aromatic N) is 2. The molecule has 0 aliphatic carbocycles. The molecule has 0 radical (unpaired) electrons. The number of fused-ring (bicyclic) bond motifs is 2. The Morgan fingerprint density at radius 2 is 1.81 bits per heavy atom. The molecule has 1 unspecified atom stereocenters. The maximum Gasteiger partial charge on any atom is 0.409 e. The molecular weight excluding hydrogens is 510 g/mol. The summed E-state index contributed by atoms with van der Waals surface area (Å²) >= 11 is -1.10. The maximum absolute atomic E-state index is 13.1. The van der Waals surface area contributed by atoms with E-state index < -0.39 is 11.3 Å². The molecule has 1 saturated heterocycles. The first kappa shape index (κ1) is 25.2. The Bertz CT molecular complexity index is 1450. The third-order valence-corrected chi connectivity index (χ3v) is 8.45. The summed E-state index contributed by atoms with van der Waals surface area (Å²) in [6.45, 7) is 2.89. The number of thiophene rings is 1. The number of ether oxygens (including phenoxy) is 1. The molecule has 1 aliphatic heterocycles. The average Bonchev–Trinajstić information content (AvgIpc) is 3.34. The smallest absolute Gasteiger partial charge is 0.409 e. The molecule has 8 nitrogen and oxygen atoms in total. The van der Waals surface area contributed by atoms with E-state index in [0.29, 0.717) is 54.2 Å². The number of likely N-dealkylation sites (tertiary alicyclic amines) is 1. The van der Waals surface area contributed by atoms with E-state index in [4.69, 9.17) is 4.74 Å². The van der Waals surface area contributed by atoms with E-state index in [-0.39, 0.29) is 18.0 Å². The molecular formula is C27H26N3O5S2-. The van der Waals surface area contributed by atoms with E-state index in [1.54, 1.807) is 24.0 Å². The van der Waals surface area contributed by atoms with Crippen molar-refractivity contribution in [2.24, 2.45) is 0 Å². The van der Waals surface area contributed by atoms with Crippen LogP contribution in [0.2, 0.25) is 0 Å². The van der Waals surface area contributed by atoms with E-state index in [1.165, 1.54) is 15.6 Å². The minimum atomic E-state index is -2.53. The number of carbonyl (C=O) groups is 2. The van der Waals surface area contributed by atoms with Crippen LogP contribution in [0.4, 0.5) is 16.2 Å². The fourth-order valence-corrected chi connectivity index (χ4v) is 6.50. The number of amides is 2. The van der Waals surface area contributed by atoms with Gasteiger partial charge in [0.1, 0.15) is 0 Å². The van der Waals surface area contributed by atoms with Crippen molar-refractivity contribution in [3.05, 3.63) is 71.6 Å². The van der Waals surface area contributed by atoms with E-state index in [1.807, 2.05) is 54.6 Å². The normalized spacial score (nSPS) is 15.0. The fourth-order valence-electron chi connectivity index (χ4n) is 4.77. The molecule has 192 valence electrons. The summed E-state index contributed by atoms with van der Waals surface area (Å²) < 4.78 is 32.4. The molecule has 2 amide bonds. The van der Waals surface area contributed by atoms with Gasteiger partial charge in [0.05, 0.1) is 17.2 Å². The third kappa shape index (κ3) is 5.18. The second kappa shape index (κ2) is 10.9. The molecule has 1 aliphatic rings. The van der Waals surface area contributed by atoms with Crippen LogP contribution in [0.3, 0.4) is 0 Å². The first-order chi connectivity index (χ1) is 18.0. The van der Waals surface area contributed by atoms with Crippen molar-refractivity contribution in [2.45, 2.75) is 25.8 Å². The molecule has 1 aromatic heterocycles. The minimum absolute atomic E-state index is 0.213. The number of benzene rings is 3. The van der Waals surface area contributed by atoms with Gasteiger partial charge in [-0.1, -0.05) is 42.5 Å². The lowest BCUT2D eigenvalue weighted by Crippen LogP contribution is -2.47. The Hall–Kier alpha value is -3.47. The second-order valence-electron chi connectivity index (χ2n) is 8.74. The molecule has 0 bridgehead atoms. The van der Waals surface area contributed by atoms with Gasteiger partial charge in [-0.15, -0.1) is 11.3 Å². The van der Waals surface area contributed by atoms with Crippen molar-refractivity contribution < 1.29 is 23.1 Å². The van der Waals surface area contributed by atoms with Gasteiger partial charge in [0, 0.05) is 51.6 Å². The van der Waals surface area contributed by atoms with Crippen LogP contribution in [0.15, 0.2) is 66.7 Å². The van der Waals surface area contributed by atoms with Crippen molar-refractivity contribution in [2.75, 3.05) is 29.3 Å². The summed E-state index contributed by atoms with van der Waals surface area (Å²) in [6, 6.07) is 20.3. The van der Waals surface area contributed by atoms with Gasteiger partial charge in [0.25, 0.3) is 5.91 Å². The molecule has 1 atom stereocenters. The maximum atomic E-state index is 13.1. The average molecular weight is 537 g/mol. The zero-order valence-corrected chi connectivity index (χ0v) is 21.8. The standard InChI is InChI=1S/C27H27N3O5S2/c1-2-35-27(32)29-15-13-19(14-16-29)30(37(33)34)23-11-6-8-20-21(23)9-5-10-22(20)28-26(31)25-17-18-7-3-4-12-24(18)36-25/h3-12,17,19H,2,13-16H2,1H3,(H,28,31)(H,33,34)/p-1. The highest BCUT2D eigenvalue weighted by Gasteiger charge is 2.29. The minimum Gasteiger partial charge on any atom is -0.755 e. The number of rotatable bonds is 6. The van der Waals surface area contributed by atoms with Crippen molar-refractivity contribution in [3.63, 3.8) is 0 Å². The van der Waals surface area contributed by atoms with Gasteiger partial charge < -0.3 is 19.5 Å². The van der Waals surface area contributed by atoms with Crippen LogP contribution in [0.1, 0.15) is 29.4 Å².